The van der Waals surface area contributed by atoms with Crippen LogP contribution in [0.25, 0.3) is 11.0 Å². The van der Waals surface area contributed by atoms with Crippen LogP contribution >= 0.6 is 23.2 Å². The van der Waals surface area contributed by atoms with E-state index >= 15 is 0 Å². The number of alkyl halides is 1. The standard InChI is InChI=1S/C13H16Cl2N2/c1-3-4-8-17-12-10(15)6-5-7-11(12)16-13(17)9(2)14/h5-7,9H,3-4,8H2,1-2H3/t9-/m1/s1. The molecule has 0 aliphatic carbocycles. The molecule has 2 nitrogen and oxygen atoms in total. The first-order chi connectivity index (χ1) is 8.15. The van der Waals surface area contributed by atoms with Crippen molar-refractivity contribution in [3.05, 3.63) is 29.0 Å². The number of hydrogen-bond donors (Lipinski definition) is 0. The molecular formula is C13H16Cl2N2. The van der Waals surface area contributed by atoms with Crippen LogP contribution in [-0.2, 0) is 6.54 Å². The zero-order chi connectivity index (χ0) is 12.4. The van der Waals surface area contributed by atoms with E-state index in [0.29, 0.717) is 0 Å². The lowest BCUT2D eigenvalue weighted by Gasteiger charge is -2.10. The second-order valence-electron chi connectivity index (χ2n) is 4.20. The van der Waals surface area contributed by atoms with E-state index in [1.807, 2.05) is 25.1 Å². The van der Waals surface area contributed by atoms with E-state index in [-0.39, 0.29) is 5.38 Å². The van der Waals surface area contributed by atoms with Gasteiger partial charge >= 0.3 is 0 Å². The molecule has 2 rings (SSSR count). The molecule has 0 unspecified atom stereocenters. The normalized spacial score (nSPS) is 13.2. The number of para-hydroxylation sites is 1. The predicted molar refractivity (Wildman–Crippen MR) is 73.9 cm³/mol. The molecule has 0 amide bonds. The number of nitrogens with zero attached hydrogens (tertiary/aromatic N) is 2. The second kappa shape index (κ2) is 5.28. The SMILES string of the molecule is CCCCn1c([C@@H](C)Cl)nc2cccc(Cl)c21. The number of aryl methyl sites for hydroxylation is 1. The maximum atomic E-state index is 6.26. The van der Waals surface area contributed by atoms with Gasteiger partial charge in [0.2, 0.25) is 0 Å². The van der Waals surface area contributed by atoms with Crippen molar-refractivity contribution in [3.8, 4) is 0 Å². The van der Waals surface area contributed by atoms with E-state index < -0.39 is 0 Å². The molecule has 0 bridgehead atoms. The van der Waals surface area contributed by atoms with Gasteiger partial charge < -0.3 is 4.57 Å². The quantitative estimate of drug-likeness (QED) is 0.731. The minimum absolute atomic E-state index is 0.102. The van der Waals surface area contributed by atoms with E-state index in [1.54, 1.807) is 0 Å². The number of unbranched alkanes of at least 4 members (excludes halogenated alkanes) is 1. The Hall–Kier alpha value is -0.730. The lowest BCUT2D eigenvalue weighted by molar-refractivity contribution is 0.616. The average Bonchev–Trinajstić information content (AvgIpc) is 2.66. The van der Waals surface area contributed by atoms with E-state index in [9.17, 15) is 0 Å². The van der Waals surface area contributed by atoms with Crippen molar-refractivity contribution in [1.82, 2.24) is 9.55 Å². The molecule has 0 fully saturated rings. The smallest absolute Gasteiger partial charge is 0.127 e. The van der Waals surface area contributed by atoms with Crippen molar-refractivity contribution in [2.45, 2.75) is 38.6 Å². The third-order valence-electron chi connectivity index (χ3n) is 2.84. The van der Waals surface area contributed by atoms with Crippen LogP contribution in [0.5, 0.6) is 0 Å². The van der Waals surface area contributed by atoms with Crippen LogP contribution < -0.4 is 0 Å². The first-order valence-electron chi connectivity index (χ1n) is 5.94. The van der Waals surface area contributed by atoms with Crippen molar-refractivity contribution >= 4 is 34.2 Å². The van der Waals surface area contributed by atoms with Crippen molar-refractivity contribution in [2.75, 3.05) is 0 Å². The molecule has 92 valence electrons. The Morgan fingerprint density at radius 1 is 1.41 bits per heavy atom. The summed E-state index contributed by atoms with van der Waals surface area (Å²) in [7, 11) is 0. The summed E-state index contributed by atoms with van der Waals surface area (Å²) >= 11 is 12.4. The minimum Gasteiger partial charge on any atom is -0.326 e. The van der Waals surface area contributed by atoms with Gasteiger partial charge in [0, 0.05) is 6.54 Å². The van der Waals surface area contributed by atoms with E-state index in [1.165, 1.54) is 0 Å². The highest BCUT2D eigenvalue weighted by Crippen LogP contribution is 2.29. The van der Waals surface area contributed by atoms with Crippen LogP contribution in [0.4, 0.5) is 0 Å². The monoisotopic (exact) mass is 270 g/mol. The van der Waals surface area contributed by atoms with Crippen molar-refractivity contribution in [3.63, 3.8) is 0 Å². The fourth-order valence-corrected chi connectivity index (χ4v) is 2.44. The maximum absolute atomic E-state index is 6.26. The molecule has 0 aliphatic heterocycles. The molecule has 0 spiro atoms. The number of aromatic nitrogens is 2. The van der Waals surface area contributed by atoms with Crippen LogP contribution in [0.3, 0.4) is 0 Å². The molecule has 1 heterocycles. The van der Waals surface area contributed by atoms with Gasteiger partial charge in [0.05, 0.1) is 21.4 Å². The largest absolute Gasteiger partial charge is 0.326 e. The zero-order valence-electron chi connectivity index (χ0n) is 10.1. The fraction of sp³-hybridized carbons (Fsp3) is 0.462. The summed E-state index contributed by atoms with van der Waals surface area (Å²) in [6.07, 6.45) is 2.24. The summed E-state index contributed by atoms with van der Waals surface area (Å²) in [4.78, 5) is 4.57. The summed E-state index contributed by atoms with van der Waals surface area (Å²) < 4.78 is 2.15. The molecule has 1 aromatic carbocycles. The van der Waals surface area contributed by atoms with Gasteiger partial charge in [-0.25, -0.2) is 4.98 Å². The first-order valence-corrected chi connectivity index (χ1v) is 6.75. The average molecular weight is 271 g/mol. The Kier molecular flexibility index (Phi) is 3.95. The topological polar surface area (TPSA) is 17.8 Å². The van der Waals surface area contributed by atoms with Crippen LogP contribution in [-0.4, -0.2) is 9.55 Å². The number of halogens is 2. The summed E-state index contributed by atoms with van der Waals surface area (Å²) in [6.45, 7) is 5.03. The van der Waals surface area contributed by atoms with E-state index in [4.69, 9.17) is 23.2 Å². The molecule has 1 aromatic heterocycles. The van der Waals surface area contributed by atoms with Crippen molar-refractivity contribution in [1.29, 1.82) is 0 Å². The van der Waals surface area contributed by atoms with Crippen LogP contribution in [0, 0.1) is 0 Å². The highest BCUT2D eigenvalue weighted by atomic mass is 35.5. The van der Waals surface area contributed by atoms with Crippen molar-refractivity contribution < 1.29 is 0 Å². The highest BCUT2D eigenvalue weighted by molar-refractivity contribution is 6.35. The van der Waals surface area contributed by atoms with Crippen molar-refractivity contribution in [2.24, 2.45) is 0 Å². The molecule has 17 heavy (non-hydrogen) atoms. The molecule has 4 heteroatoms. The fourth-order valence-electron chi connectivity index (χ4n) is 2.01. The van der Waals surface area contributed by atoms with Crippen LogP contribution in [0.15, 0.2) is 18.2 Å². The third kappa shape index (κ3) is 2.43. The zero-order valence-corrected chi connectivity index (χ0v) is 11.6. The molecule has 0 saturated carbocycles. The number of rotatable bonds is 4. The van der Waals surface area contributed by atoms with Gasteiger partial charge in [-0.1, -0.05) is 31.0 Å². The Labute approximate surface area is 112 Å². The summed E-state index contributed by atoms with van der Waals surface area (Å²) in [5, 5.41) is 0.644. The minimum atomic E-state index is -0.102. The van der Waals surface area contributed by atoms with Gasteiger partial charge in [-0.05, 0) is 25.5 Å². The third-order valence-corrected chi connectivity index (χ3v) is 3.34. The predicted octanol–water partition coefficient (Wildman–Crippen LogP) is 4.79. The Morgan fingerprint density at radius 3 is 2.82 bits per heavy atom. The van der Waals surface area contributed by atoms with Gasteiger partial charge in [0.25, 0.3) is 0 Å². The Balaban J connectivity index is 2.60. The number of benzene rings is 1. The molecule has 0 radical (unpaired) electrons. The van der Waals surface area contributed by atoms with Gasteiger partial charge in [0.1, 0.15) is 5.82 Å². The van der Waals surface area contributed by atoms with Gasteiger partial charge in [0.15, 0.2) is 0 Å². The second-order valence-corrected chi connectivity index (χ2v) is 5.26. The molecule has 0 aliphatic rings. The molecule has 0 saturated heterocycles. The molecular weight excluding hydrogens is 255 g/mol. The van der Waals surface area contributed by atoms with Gasteiger partial charge in [-0.3, -0.25) is 0 Å². The van der Waals surface area contributed by atoms with Gasteiger partial charge in [-0.2, -0.15) is 0 Å². The van der Waals surface area contributed by atoms with E-state index in [0.717, 1.165) is 41.3 Å². The summed E-state index contributed by atoms with van der Waals surface area (Å²) in [5.74, 6) is 0.906. The lowest BCUT2D eigenvalue weighted by Crippen LogP contribution is -2.04. The summed E-state index contributed by atoms with van der Waals surface area (Å²) in [6, 6.07) is 5.80. The van der Waals surface area contributed by atoms with Gasteiger partial charge in [-0.15, -0.1) is 11.6 Å². The summed E-state index contributed by atoms with van der Waals surface area (Å²) in [5.41, 5.74) is 1.93. The first kappa shape index (κ1) is 12.7. The number of imidazole rings is 1. The molecule has 2 aromatic rings. The Morgan fingerprint density at radius 2 is 2.18 bits per heavy atom. The lowest BCUT2D eigenvalue weighted by atomic mass is 10.3. The number of hydrogen-bond acceptors (Lipinski definition) is 1. The Bertz CT molecular complexity index is 517. The molecule has 1 atom stereocenters. The van der Waals surface area contributed by atoms with Crippen LogP contribution in [0.1, 0.15) is 37.9 Å². The number of fused-ring (bicyclic) bond motifs is 1. The van der Waals surface area contributed by atoms with Crippen LogP contribution in [0.2, 0.25) is 5.02 Å². The highest BCUT2D eigenvalue weighted by Gasteiger charge is 2.16. The molecule has 0 N–H and O–H groups in total. The maximum Gasteiger partial charge on any atom is 0.127 e. The van der Waals surface area contributed by atoms with E-state index in [2.05, 4.69) is 16.5 Å².